The van der Waals surface area contributed by atoms with Crippen molar-refractivity contribution in [3.63, 3.8) is 0 Å². The highest BCUT2D eigenvalue weighted by Gasteiger charge is 2.27. The molecule has 9 heteroatoms. The Balaban J connectivity index is 1.89. The average Bonchev–Trinajstić information content (AvgIpc) is 2.79. The van der Waals surface area contributed by atoms with E-state index in [-0.39, 0.29) is 11.5 Å². The maximum Gasteiger partial charge on any atom is 0.270 e. The van der Waals surface area contributed by atoms with Gasteiger partial charge in [0.2, 0.25) is 0 Å². The summed E-state index contributed by atoms with van der Waals surface area (Å²) in [6, 6.07) is 9.92. The molecular formula is C25H23F4N3O2. The number of nitrogens with one attached hydrogen (secondary N) is 1. The molecule has 0 saturated carbocycles. The maximum absolute atomic E-state index is 13.9. The number of aromatic nitrogens is 1. The molecule has 0 unspecified atom stereocenters. The van der Waals surface area contributed by atoms with Gasteiger partial charge >= 0.3 is 0 Å². The first-order chi connectivity index (χ1) is 16.0. The van der Waals surface area contributed by atoms with Gasteiger partial charge in [-0.05, 0) is 37.6 Å². The van der Waals surface area contributed by atoms with Crippen LogP contribution in [0, 0.1) is 23.3 Å². The lowest BCUT2D eigenvalue weighted by molar-refractivity contribution is -0.111. The molecule has 2 aromatic carbocycles. The number of aldehydes is 1. The highest BCUT2D eigenvalue weighted by Crippen LogP contribution is 2.30. The summed E-state index contributed by atoms with van der Waals surface area (Å²) in [4.78, 5) is 30.5. The van der Waals surface area contributed by atoms with Crippen molar-refractivity contribution in [1.82, 2.24) is 10.3 Å². The van der Waals surface area contributed by atoms with E-state index in [1.165, 1.54) is 18.2 Å². The first-order valence-electron chi connectivity index (χ1n) is 10.4. The fourth-order valence-electron chi connectivity index (χ4n) is 3.37. The topological polar surface area (TPSA) is 62.3 Å². The Labute approximate surface area is 194 Å². The number of anilines is 1. The normalized spacial score (nSPS) is 11.3. The van der Waals surface area contributed by atoms with Crippen LogP contribution in [0.5, 0.6) is 0 Å². The number of hydrogen-bond acceptors (Lipinski definition) is 4. The zero-order valence-electron chi connectivity index (χ0n) is 18.8. The minimum atomic E-state index is -1.12. The van der Waals surface area contributed by atoms with Crippen molar-refractivity contribution in [1.29, 1.82) is 0 Å². The number of nitrogens with zero attached hydrogens (tertiary/aromatic N) is 2. The van der Waals surface area contributed by atoms with Gasteiger partial charge in [0.15, 0.2) is 0 Å². The highest BCUT2D eigenvalue weighted by atomic mass is 19.1. The fourth-order valence-corrected chi connectivity index (χ4v) is 3.37. The number of halogens is 4. The van der Waals surface area contributed by atoms with Crippen molar-refractivity contribution in [3.8, 4) is 0 Å². The summed E-state index contributed by atoms with van der Waals surface area (Å²) in [5.41, 5.74) is -0.122. The number of carbonyl (C=O) groups excluding carboxylic acids is 2. The number of hydrogen-bond donors (Lipinski definition) is 1. The Hall–Kier alpha value is -3.75. The Bertz CT molecular complexity index is 1190. The SMILES string of the molecule is CN(Cc1ccc(F)cc1)c1nc(C(=O)NCc2c(F)cc(F)cc2F)ccc1C(C)(C)C=O. The van der Waals surface area contributed by atoms with E-state index >= 15 is 0 Å². The highest BCUT2D eigenvalue weighted by molar-refractivity contribution is 5.93. The molecule has 0 aliphatic heterocycles. The van der Waals surface area contributed by atoms with Crippen LogP contribution < -0.4 is 10.2 Å². The van der Waals surface area contributed by atoms with Crippen LogP contribution in [-0.2, 0) is 23.3 Å². The molecule has 1 aromatic heterocycles. The van der Waals surface area contributed by atoms with E-state index in [1.807, 2.05) is 0 Å². The van der Waals surface area contributed by atoms with E-state index in [0.717, 1.165) is 11.8 Å². The third-order valence-corrected chi connectivity index (χ3v) is 5.32. The number of amides is 1. The molecular weight excluding hydrogens is 450 g/mol. The Kier molecular flexibility index (Phi) is 7.34. The van der Waals surface area contributed by atoms with Gasteiger partial charge in [-0.3, -0.25) is 4.79 Å². The molecule has 34 heavy (non-hydrogen) atoms. The predicted molar refractivity (Wildman–Crippen MR) is 119 cm³/mol. The van der Waals surface area contributed by atoms with Crippen LogP contribution in [0.25, 0.3) is 0 Å². The first-order valence-corrected chi connectivity index (χ1v) is 10.4. The van der Waals surface area contributed by atoms with Crippen molar-refractivity contribution < 1.29 is 27.2 Å². The van der Waals surface area contributed by atoms with E-state index in [1.54, 1.807) is 44.0 Å². The monoisotopic (exact) mass is 473 g/mol. The van der Waals surface area contributed by atoms with E-state index in [9.17, 15) is 27.2 Å². The van der Waals surface area contributed by atoms with Gasteiger partial charge in [0, 0.05) is 48.8 Å². The number of benzene rings is 2. The molecule has 0 radical (unpaired) electrons. The molecule has 0 saturated heterocycles. The van der Waals surface area contributed by atoms with Gasteiger partial charge in [0.1, 0.15) is 41.1 Å². The molecule has 0 atom stereocenters. The van der Waals surface area contributed by atoms with Gasteiger partial charge < -0.3 is 15.0 Å². The Morgan fingerprint density at radius 2 is 1.62 bits per heavy atom. The summed E-state index contributed by atoms with van der Waals surface area (Å²) in [5.74, 6) is -4.04. The summed E-state index contributed by atoms with van der Waals surface area (Å²) in [7, 11) is 1.71. The van der Waals surface area contributed by atoms with Crippen molar-refractivity contribution >= 4 is 18.0 Å². The van der Waals surface area contributed by atoms with Crippen molar-refractivity contribution in [3.05, 3.63) is 94.2 Å². The second-order valence-electron chi connectivity index (χ2n) is 8.42. The minimum Gasteiger partial charge on any atom is -0.355 e. The van der Waals surface area contributed by atoms with Gasteiger partial charge in [-0.25, -0.2) is 22.5 Å². The standard InChI is InChI=1S/C25H23F4N3O2/c1-25(2,14-33)19-8-9-22(24(34)30-12-18-20(28)10-17(27)11-21(18)29)31-23(19)32(3)13-15-4-6-16(26)7-5-15/h4-11,14H,12-13H2,1-3H3,(H,30,34). The van der Waals surface area contributed by atoms with Gasteiger partial charge in [-0.15, -0.1) is 0 Å². The smallest absolute Gasteiger partial charge is 0.270 e. The Morgan fingerprint density at radius 1 is 1.00 bits per heavy atom. The second-order valence-corrected chi connectivity index (χ2v) is 8.42. The van der Waals surface area contributed by atoms with Crippen LogP contribution in [-0.4, -0.2) is 24.2 Å². The van der Waals surface area contributed by atoms with Crippen LogP contribution in [0.3, 0.4) is 0 Å². The van der Waals surface area contributed by atoms with Crippen LogP contribution in [0.4, 0.5) is 23.4 Å². The summed E-state index contributed by atoms with van der Waals surface area (Å²) in [5, 5.41) is 2.38. The lowest BCUT2D eigenvalue weighted by Gasteiger charge is -2.27. The lowest BCUT2D eigenvalue weighted by atomic mass is 9.86. The molecule has 0 aliphatic carbocycles. The predicted octanol–water partition coefficient (Wildman–Crippen LogP) is 4.68. The first kappa shape index (κ1) is 24.9. The van der Waals surface area contributed by atoms with Gasteiger partial charge in [0.25, 0.3) is 5.91 Å². The van der Waals surface area contributed by atoms with Crippen molar-refractivity contribution in [2.75, 3.05) is 11.9 Å². The summed E-state index contributed by atoms with van der Waals surface area (Å²) in [6.07, 6.45) is 0.763. The molecule has 0 bridgehead atoms. The van der Waals surface area contributed by atoms with Crippen LogP contribution in [0.1, 0.15) is 41.0 Å². The summed E-state index contributed by atoms with van der Waals surface area (Å²) in [6.45, 7) is 3.20. The molecule has 1 N–H and O–H groups in total. The minimum absolute atomic E-state index is 0.0469. The van der Waals surface area contributed by atoms with E-state index in [4.69, 9.17) is 0 Å². The zero-order valence-corrected chi connectivity index (χ0v) is 18.8. The zero-order chi connectivity index (χ0) is 25.0. The molecule has 1 heterocycles. The summed E-state index contributed by atoms with van der Waals surface area (Å²) < 4.78 is 54.1. The van der Waals surface area contributed by atoms with E-state index in [2.05, 4.69) is 10.3 Å². The second kappa shape index (κ2) is 10.0. The van der Waals surface area contributed by atoms with Crippen LogP contribution in [0.2, 0.25) is 0 Å². The van der Waals surface area contributed by atoms with Crippen molar-refractivity contribution in [2.45, 2.75) is 32.4 Å². The Morgan fingerprint density at radius 3 is 2.21 bits per heavy atom. The quantitative estimate of drug-likeness (QED) is 0.381. The third kappa shape index (κ3) is 5.59. The lowest BCUT2D eigenvalue weighted by Crippen LogP contribution is -2.29. The van der Waals surface area contributed by atoms with Gasteiger partial charge in [-0.2, -0.15) is 0 Å². The van der Waals surface area contributed by atoms with Gasteiger partial charge in [0.05, 0.1) is 0 Å². The van der Waals surface area contributed by atoms with Gasteiger partial charge in [-0.1, -0.05) is 18.2 Å². The fraction of sp³-hybridized carbons (Fsp3) is 0.240. The van der Waals surface area contributed by atoms with E-state index in [0.29, 0.717) is 30.1 Å². The molecule has 0 spiro atoms. The molecule has 5 nitrogen and oxygen atoms in total. The molecule has 0 fully saturated rings. The summed E-state index contributed by atoms with van der Waals surface area (Å²) >= 11 is 0. The maximum atomic E-state index is 13.9. The average molecular weight is 473 g/mol. The van der Waals surface area contributed by atoms with E-state index < -0.39 is 40.9 Å². The van der Waals surface area contributed by atoms with Crippen LogP contribution >= 0.6 is 0 Å². The third-order valence-electron chi connectivity index (χ3n) is 5.32. The number of carbonyl (C=O) groups is 2. The van der Waals surface area contributed by atoms with Crippen molar-refractivity contribution in [2.24, 2.45) is 0 Å². The van der Waals surface area contributed by atoms with Crippen LogP contribution in [0.15, 0.2) is 48.5 Å². The largest absolute Gasteiger partial charge is 0.355 e. The molecule has 178 valence electrons. The molecule has 1 amide bonds. The number of rotatable bonds is 8. The molecule has 3 aromatic rings. The number of pyridine rings is 1. The molecule has 3 rings (SSSR count). The molecule has 0 aliphatic rings.